The van der Waals surface area contributed by atoms with Gasteiger partial charge in [0.25, 0.3) is 0 Å². The molecule has 0 amide bonds. The van der Waals surface area contributed by atoms with Gasteiger partial charge in [-0.25, -0.2) is 0 Å². The number of hydrogen-bond donors (Lipinski definition) is 0. The highest BCUT2D eigenvalue weighted by Crippen LogP contribution is 2.24. The summed E-state index contributed by atoms with van der Waals surface area (Å²) in [6.45, 7) is 0. The van der Waals surface area contributed by atoms with Gasteiger partial charge >= 0.3 is 0 Å². The summed E-state index contributed by atoms with van der Waals surface area (Å²) in [6.07, 6.45) is 10.6. The van der Waals surface area contributed by atoms with Crippen LogP contribution in [0.5, 0.6) is 0 Å². The van der Waals surface area contributed by atoms with Gasteiger partial charge in [-0.15, -0.1) is 17.8 Å². The number of rotatable bonds is 0. The Labute approximate surface area is 89.3 Å². The molecular formula is C13H12S. The Morgan fingerprint density at radius 1 is 1.36 bits per heavy atom. The number of hydrogen-bond acceptors (Lipinski definition) is 1. The van der Waals surface area contributed by atoms with Crippen LogP contribution in [0.25, 0.3) is 0 Å². The molecule has 0 aliphatic heterocycles. The van der Waals surface area contributed by atoms with E-state index in [0.717, 1.165) is 10.4 Å². The van der Waals surface area contributed by atoms with Crippen LogP contribution in [0.15, 0.2) is 11.4 Å². The van der Waals surface area contributed by atoms with Crippen LogP contribution >= 0.6 is 11.3 Å². The summed E-state index contributed by atoms with van der Waals surface area (Å²) in [7, 11) is 0. The SMILES string of the molecule is C#Cc1sccc1C#CC1CCCC1. The molecule has 1 aliphatic carbocycles. The van der Waals surface area contributed by atoms with Crippen molar-refractivity contribution in [3.05, 3.63) is 21.9 Å². The monoisotopic (exact) mass is 200 g/mol. The fourth-order valence-electron chi connectivity index (χ4n) is 1.77. The second kappa shape index (κ2) is 4.36. The van der Waals surface area contributed by atoms with E-state index in [1.807, 2.05) is 11.4 Å². The standard InChI is InChI=1S/C13H12S/c1-2-13-12(9-10-14-13)8-7-11-5-3-4-6-11/h1,9-11H,3-6H2. The van der Waals surface area contributed by atoms with Crippen molar-refractivity contribution in [3.63, 3.8) is 0 Å². The third-order valence-electron chi connectivity index (χ3n) is 2.56. The van der Waals surface area contributed by atoms with Gasteiger partial charge < -0.3 is 0 Å². The Balaban J connectivity index is 2.13. The minimum atomic E-state index is 0.612. The molecule has 0 atom stereocenters. The highest BCUT2D eigenvalue weighted by molar-refractivity contribution is 7.10. The normalized spacial score (nSPS) is 15.9. The quantitative estimate of drug-likeness (QED) is 0.564. The molecule has 0 bridgehead atoms. The van der Waals surface area contributed by atoms with Crippen molar-refractivity contribution in [3.8, 4) is 24.2 Å². The summed E-state index contributed by atoms with van der Waals surface area (Å²) in [6, 6.07) is 2.02. The van der Waals surface area contributed by atoms with Crippen LogP contribution < -0.4 is 0 Å². The predicted octanol–water partition coefficient (Wildman–Crippen LogP) is 3.27. The van der Waals surface area contributed by atoms with Gasteiger partial charge in [-0.05, 0) is 24.3 Å². The van der Waals surface area contributed by atoms with Crippen molar-refractivity contribution in [1.29, 1.82) is 0 Å². The van der Waals surface area contributed by atoms with Crippen molar-refractivity contribution >= 4 is 11.3 Å². The van der Waals surface area contributed by atoms with Gasteiger partial charge in [0.2, 0.25) is 0 Å². The summed E-state index contributed by atoms with van der Waals surface area (Å²) in [5.74, 6) is 9.80. The molecule has 1 aromatic rings. The zero-order valence-electron chi connectivity index (χ0n) is 8.05. The first-order chi connectivity index (χ1) is 6.90. The van der Waals surface area contributed by atoms with Gasteiger partial charge in [-0.1, -0.05) is 30.6 Å². The number of terminal acetylenes is 1. The average Bonchev–Trinajstić information content (AvgIpc) is 2.85. The maximum Gasteiger partial charge on any atom is 0.0922 e. The lowest BCUT2D eigenvalue weighted by atomic mass is 10.1. The molecular weight excluding hydrogens is 188 g/mol. The molecule has 0 radical (unpaired) electrons. The van der Waals surface area contributed by atoms with Gasteiger partial charge in [0.1, 0.15) is 0 Å². The van der Waals surface area contributed by atoms with Crippen molar-refractivity contribution in [2.45, 2.75) is 25.7 Å². The Morgan fingerprint density at radius 2 is 2.14 bits per heavy atom. The molecule has 1 aromatic heterocycles. The third kappa shape index (κ3) is 2.00. The van der Waals surface area contributed by atoms with E-state index in [-0.39, 0.29) is 0 Å². The molecule has 1 heteroatoms. The van der Waals surface area contributed by atoms with E-state index in [9.17, 15) is 0 Å². The van der Waals surface area contributed by atoms with E-state index in [2.05, 4.69) is 17.8 Å². The Kier molecular flexibility index (Phi) is 2.92. The molecule has 1 aliphatic rings. The molecule has 0 spiro atoms. The zero-order chi connectivity index (χ0) is 9.80. The van der Waals surface area contributed by atoms with Crippen LogP contribution in [0.1, 0.15) is 36.1 Å². The molecule has 70 valence electrons. The van der Waals surface area contributed by atoms with Gasteiger partial charge in [0, 0.05) is 5.92 Å². The molecule has 0 aromatic carbocycles. The molecule has 14 heavy (non-hydrogen) atoms. The van der Waals surface area contributed by atoms with Crippen LogP contribution in [-0.2, 0) is 0 Å². The highest BCUT2D eigenvalue weighted by atomic mass is 32.1. The molecule has 1 saturated carbocycles. The molecule has 0 nitrogen and oxygen atoms in total. The van der Waals surface area contributed by atoms with Crippen molar-refractivity contribution in [2.75, 3.05) is 0 Å². The minimum Gasteiger partial charge on any atom is -0.134 e. The van der Waals surface area contributed by atoms with E-state index < -0.39 is 0 Å². The summed E-state index contributed by atoms with van der Waals surface area (Å²) in [5.41, 5.74) is 1.03. The Hall–Kier alpha value is -1.18. The minimum absolute atomic E-state index is 0.612. The largest absolute Gasteiger partial charge is 0.134 e. The van der Waals surface area contributed by atoms with Crippen LogP contribution in [0.2, 0.25) is 0 Å². The lowest BCUT2D eigenvalue weighted by Gasteiger charge is -1.94. The lowest BCUT2D eigenvalue weighted by molar-refractivity contribution is 0.712. The first-order valence-corrected chi connectivity index (χ1v) is 5.84. The smallest absolute Gasteiger partial charge is 0.0922 e. The summed E-state index contributed by atoms with van der Waals surface area (Å²) in [4.78, 5) is 0.968. The van der Waals surface area contributed by atoms with Crippen molar-refractivity contribution < 1.29 is 0 Å². The van der Waals surface area contributed by atoms with E-state index in [0.29, 0.717) is 5.92 Å². The van der Waals surface area contributed by atoms with E-state index in [1.165, 1.54) is 25.7 Å². The van der Waals surface area contributed by atoms with Gasteiger partial charge in [0.05, 0.1) is 10.4 Å². The first-order valence-electron chi connectivity index (χ1n) is 4.96. The molecule has 2 rings (SSSR count). The molecule has 0 N–H and O–H groups in total. The second-order valence-corrected chi connectivity index (χ2v) is 4.47. The molecule has 0 saturated heterocycles. The summed E-state index contributed by atoms with van der Waals surface area (Å²) < 4.78 is 0. The van der Waals surface area contributed by atoms with Crippen LogP contribution in [0.3, 0.4) is 0 Å². The molecule has 1 heterocycles. The van der Waals surface area contributed by atoms with E-state index in [1.54, 1.807) is 11.3 Å². The van der Waals surface area contributed by atoms with Gasteiger partial charge in [-0.2, -0.15) is 0 Å². The van der Waals surface area contributed by atoms with Crippen molar-refractivity contribution in [2.24, 2.45) is 5.92 Å². The van der Waals surface area contributed by atoms with Crippen molar-refractivity contribution in [1.82, 2.24) is 0 Å². The second-order valence-electron chi connectivity index (χ2n) is 3.56. The van der Waals surface area contributed by atoms with E-state index >= 15 is 0 Å². The topological polar surface area (TPSA) is 0 Å². The van der Waals surface area contributed by atoms with Crippen LogP contribution in [-0.4, -0.2) is 0 Å². The lowest BCUT2D eigenvalue weighted by Crippen LogP contribution is -1.86. The fraction of sp³-hybridized carbons (Fsp3) is 0.385. The zero-order valence-corrected chi connectivity index (χ0v) is 8.86. The average molecular weight is 200 g/mol. The van der Waals surface area contributed by atoms with Gasteiger partial charge in [-0.3, -0.25) is 0 Å². The van der Waals surface area contributed by atoms with Crippen LogP contribution in [0, 0.1) is 30.1 Å². The number of thiophene rings is 1. The Bertz CT molecular complexity index is 402. The summed E-state index contributed by atoms with van der Waals surface area (Å²) in [5, 5.41) is 2.01. The molecule has 0 unspecified atom stereocenters. The molecule has 1 fully saturated rings. The first kappa shape index (κ1) is 9.38. The van der Waals surface area contributed by atoms with Gasteiger partial charge in [0.15, 0.2) is 0 Å². The predicted molar refractivity (Wildman–Crippen MR) is 61.1 cm³/mol. The van der Waals surface area contributed by atoms with E-state index in [4.69, 9.17) is 6.42 Å². The summed E-state index contributed by atoms with van der Waals surface area (Å²) >= 11 is 1.59. The third-order valence-corrected chi connectivity index (χ3v) is 3.41. The van der Waals surface area contributed by atoms with Crippen LogP contribution in [0.4, 0.5) is 0 Å². The Morgan fingerprint density at radius 3 is 2.86 bits per heavy atom. The maximum absolute atomic E-state index is 5.37. The maximum atomic E-state index is 5.37. The highest BCUT2D eigenvalue weighted by Gasteiger charge is 2.11. The fourth-order valence-corrected chi connectivity index (χ4v) is 2.42.